The molecule has 0 saturated carbocycles. The molecule has 0 aromatic carbocycles. The summed E-state index contributed by atoms with van der Waals surface area (Å²) in [6, 6.07) is 4.23. The number of nitriles is 1. The standard InChI is InChI=1S/C15H21N3OS/c1-11-8-12(2)17-15(14(11)9-16)20-7-5-18-4-6-19-13(3)10-18/h8,13H,4-7,10H2,1-3H3. The van der Waals surface area contributed by atoms with Crippen molar-refractivity contribution in [3.63, 3.8) is 0 Å². The monoisotopic (exact) mass is 291 g/mol. The molecule has 1 unspecified atom stereocenters. The number of morpholine rings is 1. The summed E-state index contributed by atoms with van der Waals surface area (Å²) in [4.78, 5) is 6.91. The highest BCUT2D eigenvalue weighted by molar-refractivity contribution is 7.99. The fourth-order valence-electron chi connectivity index (χ4n) is 2.41. The van der Waals surface area contributed by atoms with Gasteiger partial charge in [0.15, 0.2) is 0 Å². The Kier molecular flexibility index (Phi) is 5.41. The summed E-state index contributed by atoms with van der Waals surface area (Å²) >= 11 is 1.68. The van der Waals surface area contributed by atoms with Gasteiger partial charge in [-0.15, -0.1) is 11.8 Å². The molecule has 1 saturated heterocycles. The minimum Gasteiger partial charge on any atom is -0.376 e. The topological polar surface area (TPSA) is 49.2 Å². The molecule has 2 rings (SSSR count). The van der Waals surface area contributed by atoms with Crippen LogP contribution < -0.4 is 0 Å². The minimum absolute atomic E-state index is 0.322. The summed E-state index contributed by atoms with van der Waals surface area (Å²) in [6.45, 7) is 9.87. The summed E-state index contributed by atoms with van der Waals surface area (Å²) in [5.74, 6) is 0.956. The average Bonchev–Trinajstić information content (AvgIpc) is 2.38. The Balaban J connectivity index is 1.92. The van der Waals surface area contributed by atoms with Crippen molar-refractivity contribution < 1.29 is 4.74 Å². The summed E-state index contributed by atoms with van der Waals surface area (Å²) in [7, 11) is 0. The Hall–Kier alpha value is -1.09. The second-order valence-corrected chi connectivity index (χ2v) is 6.29. The van der Waals surface area contributed by atoms with Crippen molar-refractivity contribution >= 4 is 11.8 Å². The number of nitrogens with zero attached hydrogens (tertiary/aromatic N) is 3. The lowest BCUT2D eigenvalue weighted by Gasteiger charge is -2.30. The average molecular weight is 291 g/mol. The highest BCUT2D eigenvalue weighted by Crippen LogP contribution is 2.23. The van der Waals surface area contributed by atoms with Crippen molar-refractivity contribution in [2.24, 2.45) is 0 Å². The van der Waals surface area contributed by atoms with Crippen LogP contribution in [0, 0.1) is 25.2 Å². The van der Waals surface area contributed by atoms with Crippen LogP contribution in [0.4, 0.5) is 0 Å². The molecule has 0 spiro atoms. The molecule has 0 amide bonds. The third-order valence-electron chi connectivity index (χ3n) is 3.39. The first-order valence-electron chi connectivity index (χ1n) is 6.95. The third kappa shape index (κ3) is 3.95. The van der Waals surface area contributed by atoms with Gasteiger partial charge >= 0.3 is 0 Å². The molecule has 1 aromatic heterocycles. The molecule has 0 aliphatic carbocycles. The first kappa shape index (κ1) is 15.3. The summed E-state index contributed by atoms with van der Waals surface area (Å²) in [5, 5.41) is 10.1. The zero-order valence-corrected chi connectivity index (χ0v) is 13.2. The van der Waals surface area contributed by atoms with Crippen LogP contribution in [0.5, 0.6) is 0 Å². The van der Waals surface area contributed by atoms with Crippen LogP contribution >= 0.6 is 11.8 Å². The summed E-state index contributed by atoms with van der Waals surface area (Å²) in [5.41, 5.74) is 2.71. The van der Waals surface area contributed by atoms with Crippen LogP contribution in [0.25, 0.3) is 0 Å². The maximum absolute atomic E-state index is 9.24. The van der Waals surface area contributed by atoms with Crippen LogP contribution in [0.15, 0.2) is 11.1 Å². The van der Waals surface area contributed by atoms with Crippen molar-refractivity contribution in [2.45, 2.75) is 31.9 Å². The van der Waals surface area contributed by atoms with Gasteiger partial charge in [-0.25, -0.2) is 4.98 Å². The van der Waals surface area contributed by atoms with Gasteiger partial charge in [-0.2, -0.15) is 5.26 Å². The highest BCUT2D eigenvalue weighted by atomic mass is 32.2. The number of hydrogen-bond donors (Lipinski definition) is 0. The van der Waals surface area contributed by atoms with Crippen molar-refractivity contribution in [2.75, 3.05) is 32.0 Å². The smallest absolute Gasteiger partial charge is 0.114 e. The zero-order valence-electron chi connectivity index (χ0n) is 12.3. The lowest BCUT2D eigenvalue weighted by atomic mass is 10.1. The van der Waals surface area contributed by atoms with E-state index in [1.165, 1.54) is 0 Å². The molecule has 0 N–H and O–H groups in total. The number of aryl methyl sites for hydroxylation is 2. The van der Waals surface area contributed by atoms with Crippen molar-refractivity contribution in [3.8, 4) is 6.07 Å². The van der Waals surface area contributed by atoms with Gasteiger partial charge < -0.3 is 4.74 Å². The van der Waals surface area contributed by atoms with E-state index in [2.05, 4.69) is 22.9 Å². The maximum Gasteiger partial charge on any atom is 0.114 e. The molecule has 1 fully saturated rings. The molecule has 108 valence electrons. The quantitative estimate of drug-likeness (QED) is 0.797. The maximum atomic E-state index is 9.24. The lowest BCUT2D eigenvalue weighted by Crippen LogP contribution is -2.42. The molecule has 4 nitrogen and oxygen atoms in total. The molecule has 0 bridgehead atoms. The van der Waals surface area contributed by atoms with Gasteiger partial charge in [0.1, 0.15) is 11.1 Å². The van der Waals surface area contributed by atoms with Crippen molar-refractivity contribution in [1.82, 2.24) is 9.88 Å². The molecule has 0 radical (unpaired) electrons. The zero-order chi connectivity index (χ0) is 14.5. The Morgan fingerprint density at radius 1 is 1.55 bits per heavy atom. The van der Waals surface area contributed by atoms with E-state index < -0.39 is 0 Å². The molecule has 5 heteroatoms. The fraction of sp³-hybridized carbons (Fsp3) is 0.600. The number of rotatable bonds is 4. The van der Waals surface area contributed by atoms with E-state index in [9.17, 15) is 5.26 Å². The Morgan fingerprint density at radius 2 is 2.35 bits per heavy atom. The molecule has 1 aliphatic rings. The van der Waals surface area contributed by atoms with Gasteiger partial charge in [-0.3, -0.25) is 4.90 Å². The van der Waals surface area contributed by atoms with Crippen LogP contribution in [0.1, 0.15) is 23.7 Å². The Morgan fingerprint density at radius 3 is 3.05 bits per heavy atom. The molecule has 2 heterocycles. The second kappa shape index (κ2) is 7.07. The van der Waals surface area contributed by atoms with Gasteiger partial charge in [0.05, 0.1) is 18.3 Å². The van der Waals surface area contributed by atoms with Crippen LogP contribution in [0.2, 0.25) is 0 Å². The number of thioether (sulfide) groups is 1. The Labute approximate surface area is 125 Å². The first-order chi connectivity index (χ1) is 9.60. The Bertz CT molecular complexity index is 513. The largest absolute Gasteiger partial charge is 0.376 e. The van der Waals surface area contributed by atoms with Crippen molar-refractivity contribution in [3.05, 3.63) is 22.9 Å². The van der Waals surface area contributed by atoms with Crippen LogP contribution in [-0.2, 0) is 4.74 Å². The molecule has 1 aliphatic heterocycles. The van der Waals surface area contributed by atoms with E-state index in [0.29, 0.717) is 6.10 Å². The number of pyridine rings is 1. The summed E-state index contributed by atoms with van der Waals surface area (Å²) in [6.07, 6.45) is 0.322. The van der Waals surface area contributed by atoms with Crippen LogP contribution in [-0.4, -0.2) is 48.0 Å². The second-order valence-electron chi connectivity index (χ2n) is 5.20. The summed E-state index contributed by atoms with van der Waals surface area (Å²) < 4.78 is 5.54. The van der Waals surface area contributed by atoms with E-state index in [0.717, 1.165) is 53.8 Å². The predicted octanol–water partition coefficient (Wildman–Crippen LogP) is 2.38. The van der Waals surface area contributed by atoms with Gasteiger partial charge in [-0.1, -0.05) is 0 Å². The highest BCUT2D eigenvalue weighted by Gasteiger charge is 2.16. The van der Waals surface area contributed by atoms with E-state index >= 15 is 0 Å². The lowest BCUT2D eigenvalue weighted by molar-refractivity contribution is -0.0158. The number of hydrogen-bond acceptors (Lipinski definition) is 5. The fourth-order valence-corrected chi connectivity index (χ4v) is 3.51. The van der Waals surface area contributed by atoms with Gasteiger partial charge in [0.2, 0.25) is 0 Å². The van der Waals surface area contributed by atoms with E-state index in [4.69, 9.17) is 4.74 Å². The van der Waals surface area contributed by atoms with Gasteiger partial charge in [-0.05, 0) is 32.4 Å². The van der Waals surface area contributed by atoms with Crippen LogP contribution in [0.3, 0.4) is 0 Å². The first-order valence-corrected chi connectivity index (χ1v) is 7.94. The SMILES string of the molecule is Cc1cc(C)c(C#N)c(SCCN2CCOC(C)C2)n1. The molecular formula is C15H21N3OS. The number of aromatic nitrogens is 1. The minimum atomic E-state index is 0.322. The van der Waals surface area contributed by atoms with E-state index in [1.54, 1.807) is 11.8 Å². The van der Waals surface area contributed by atoms with E-state index in [-0.39, 0.29) is 0 Å². The molecular weight excluding hydrogens is 270 g/mol. The van der Waals surface area contributed by atoms with Gasteiger partial charge in [0, 0.05) is 31.1 Å². The van der Waals surface area contributed by atoms with Gasteiger partial charge in [0.25, 0.3) is 0 Å². The number of ether oxygens (including phenoxy) is 1. The predicted molar refractivity (Wildman–Crippen MR) is 81.0 cm³/mol. The normalized spacial score (nSPS) is 19.8. The molecule has 1 atom stereocenters. The van der Waals surface area contributed by atoms with Crippen molar-refractivity contribution in [1.29, 1.82) is 5.26 Å². The van der Waals surface area contributed by atoms with E-state index in [1.807, 2.05) is 19.9 Å². The third-order valence-corrected chi connectivity index (χ3v) is 4.35. The molecule has 1 aromatic rings. The molecule has 20 heavy (non-hydrogen) atoms.